The van der Waals surface area contributed by atoms with Crippen molar-refractivity contribution in [2.75, 3.05) is 11.2 Å². The molecule has 1 aliphatic carbocycles. The van der Waals surface area contributed by atoms with E-state index in [2.05, 4.69) is 10.5 Å². The molecule has 3 aromatic rings. The Kier molecular flexibility index (Phi) is 9.17. The molecule has 242 valence electrons. The van der Waals surface area contributed by atoms with Gasteiger partial charge in [-0.05, 0) is 57.2 Å². The Labute approximate surface area is 269 Å². The lowest BCUT2D eigenvalue weighted by atomic mass is 9.93. The zero-order valence-electron chi connectivity index (χ0n) is 25.4. The number of anilines is 1. The van der Waals surface area contributed by atoms with E-state index in [1.54, 1.807) is 59.7 Å². The van der Waals surface area contributed by atoms with Crippen molar-refractivity contribution in [1.82, 2.24) is 0 Å². The van der Waals surface area contributed by atoms with E-state index >= 15 is 0 Å². The number of hydrogen-bond acceptors (Lipinski definition) is 11. The fourth-order valence-electron chi connectivity index (χ4n) is 6.37. The predicted octanol–water partition coefficient (Wildman–Crippen LogP) is 4.54. The van der Waals surface area contributed by atoms with Crippen molar-refractivity contribution in [3.63, 3.8) is 0 Å². The molecule has 1 fully saturated rings. The summed E-state index contributed by atoms with van der Waals surface area (Å²) in [6.45, 7) is 3.43. The van der Waals surface area contributed by atoms with Crippen molar-refractivity contribution in [1.29, 1.82) is 0 Å². The van der Waals surface area contributed by atoms with Crippen LogP contribution in [0.1, 0.15) is 80.1 Å². The lowest BCUT2D eigenvalue weighted by Gasteiger charge is -2.25. The highest BCUT2D eigenvalue weighted by atomic mass is 33.1. The number of ether oxygens (including phenoxy) is 2. The number of hydrogen-bond donors (Lipinski definition) is 6. The summed E-state index contributed by atoms with van der Waals surface area (Å²) in [7, 11) is 3.12. The van der Waals surface area contributed by atoms with Crippen molar-refractivity contribution in [3.8, 4) is 11.5 Å². The van der Waals surface area contributed by atoms with Gasteiger partial charge in [-0.15, -0.1) is 0 Å². The van der Waals surface area contributed by atoms with Gasteiger partial charge in [-0.2, -0.15) is 0 Å². The molecule has 1 saturated carbocycles. The molecule has 45 heavy (non-hydrogen) atoms. The number of benzene rings is 2. The van der Waals surface area contributed by atoms with E-state index in [1.807, 2.05) is 0 Å². The third-order valence-electron chi connectivity index (χ3n) is 8.73. The Balaban J connectivity index is 1.60. The van der Waals surface area contributed by atoms with Crippen LogP contribution in [0.3, 0.4) is 0 Å². The van der Waals surface area contributed by atoms with E-state index in [0.717, 1.165) is 36.8 Å². The normalized spacial score (nSPS) is 22.1. The fourth-order valence-corrected chi connectivity index (χ4v) is 8.66. The number of nitrogens with zero attached hydrogens (tertiary/aromatic N) is 1. The molecule has 3 atom stereocenters. The maximum Gasteiger partial charge on any atom is 0.200 e. The number of aliphatic hydroxyl groups excluding tert-OH is 1. The van der Waals surface area contributed by atoms with Gasteiger partial charge in [-0.3, -0.25) is 15.5 Å². The molecule has 11 nitrogen and oxygen atoms in total. The van der Waals surface area contributed by atoms with Crippen LogP contribution in [0.2, 0.25) is 0 Å². The first kappa shape index (κ1) is 31.9. The first-order valence-corrected chi connectivity index (χ1v) is 17.8. The van der Waals surface area contributed by atoms with Gasteiger partial charge in [0.25, 0.3) is 0 Å². The largest absolute Gasteiger partial charge is 0.489 e. The second-order valence-corrected chi connectivity index (χ2v) is 15.1. The summed E-state index contributed by atoms with van der Waals surface area (Å²) in [4.78, 5) is 19.2. The molecular weight excluding hydrogens is 617 g/mol. The van der Waals surface area contributed by atoms with E-state index in [9.17, 15) is 20.2 Å². The molecule has 3 heterocycles. The van der Waals surface area contributed by atoms with Gasteiger partial charge in [0.15, 0.2) is 11.4 Å². The van der Waals surface area contributed by atoms with Gasteiger partial charge in [0.1, 0.15) is 40.4 Å². The van der Waals surface area contributed by atoms with Crippen LogP contribution in [0, 0.1) is 0 Å². The highest BCUT2D eigenvalue weighted by Crippen LogP contribution is 2.50. The lowest BCUT2D eigenvalue weighted by Crippen LogP contribution is -2.39. The van der Waals surface area contributed by atoms with Crippen molar-refractivity contribution >= 4 is 44.2 Å². The number of nitrogens with two attached hydrogens (primary N) is 2. The van der Waals surface area contributed by atoms with E-state index in [4.69, 9.17) is 25.4 Å². The summed E-state index contributed by atoms with van der Waals surface area (Å²) in [5.41, 5.74) is 15.5. The first-order valence-electron chi connectivity index (χ1n) is 15.3. The van der Waals surface area contributed by atoms with Crippen LogP contribution in [0.5, 0.6) is 11.5 Å². The molecule has 2 aliphatic heterocycles. The predicted molar refractivity (Wildman–Crippen MR) is 177 cm³/mol. The zero-order valence-corrected chi connectivity index (χ0v) is 27.0. The summed E-state index contributed by atoms with van der Waals surface area (Å²) >= 11 is 0. The summed E-state index contributed by atoms with van der Waals surface area (Å²) < 4.78 is 19.8. The third-order valence-corrected chi connectivity index (χ3v) is 11.1. The van der Waals surface area contributed by atoms with Crippen molar-refractivity contribution < 1.29 is 29.3 Å². The molecule has 0 spiro atoms. The standard InChI is InChI=1S/C32H40N4O7S2/c1-32(2,39)24-13-21-27(42-24)22-15-45-44-14-18(35-31(33)34)12-23(37)28-20(11-16-7-9-17(36-40)10-8-16)26(38)25(30(22)43-28)29(21)41-19-5-3-4-6-19/h7-10,18-19,23-24,36-37,39-40H,3-6,11-15H2,1-2H3,(H4,33,34,35)/t18-,23-,24-/m1/s1. The van der Waals surface area contributed by atoms with Crippen LogP contribution in [0.25, 0.3) is 11.0 Å². The maximum atomic E-state index is 14.8. The number of guanidine groups is 1. The van der Waals surface area contributed by atoms with E-state index in [0.29, 0.717) is 57.2 Å². The minimum absolute atomic E-state index is 0.0525. The Morgan fingerprint density at radius 1 is 1.16 bits per heavy atom. The highest BCUT2D eigenvalue weighted by molar-refractivity contribution is 8.76. The van der Waals surface area contributed by atoms with Gasteiger partial charge in [0, 0.05) is 47.5 Å². The van der Waals surface area contributed by atoms with Crippen LogP contribution in [0.4, 0.5) is 5.69 Å². The van der Waals surface area contributed by atoms with Gasteiger partial charge in [-0.1, -0.05) is 33.7 Å². The van der Waals surface area contributed by atoms with Crippen LogP contribution in [0.15, 0.2) is 38.5 Å². The first-order chi connectivity index (χ1) is 21.5. The van der Waals surface area contributed by atoms with Crippen LogP contribution >= 0.6 is 21.6 Å². The van der Waals surface area contributed by atoms with Gasteiger partial charge in [0.2, 0.25) is 0 Å². The van der Waals surface area contributed by atoms with Crippen LogP contribution in [-0.2, 0) is 18.6 Å². The van der Waals surface area contributed by atoms with Crippen LogP contribution in [-0.4, -0.2) is 51.0 Å². The molecule has 0 amide bonds. The Bertz CT molecular complexity index is 1640. The molecule has 2 bridgehead atoms. The number of aliphatic hydroxyl groups is 2. The Morgan fingerprint density at radius 2 is 1.89 bits per heavy atom. The second kappa shape index (κ2) is 13.0. The fraction of sp³-hybridized carbons (Fsp3) is 0.500. The van der Waals surface area contributed by atoms with Crippen LogP contribution < -0.4 is 31.8 Å². The van der Waals surface area contributed by atoms with Gasteiger partial charge in [0.05, 0.1) is 23.4 Å². The van der Waals surface area contributed by atoms with E-state index in [1.165, 1.54) is 0 Å². The van der Waals surface area contributed by atoms with E-state index in [-0.39, 0.29) is 36.1 Å². The zero-order chi connectivity index (χ0) is 31.9. The summed E-state index contributed by atoms with van der Waals surface area (Å²) in [5, 5.41) is 32.3. The summed E-state index contributed by atoms with van der Waals surface area (Å²) in [6.07, 6.45) is 2.76. The number of nitrogens with one attached hydrogen (secondary N) is 1. The maximum absolute atomic E-state index is 14.8. The molecule has 0 saturated heterocycles. The lowest BCUT2D eigenvalue weighted by molar-refractivity contribution is -0.0231. The van der Waals surface area contributed by atoms with Crippen molar-refractivity contribution in [2.45, 2.75) is 94.5 Å². The SMILES string of the molecule is CC(C)(O)[C@H]1Cc2c(c3c4oc(c(Cc5ccc(NO)cc5)c(=O)c4c2OC2CCCC2)[C@H](O)C[C@@H](N=C(N)N)CSSC3)O1. The smallest absolute Gasteiger partial charge is 0.200 e. The molecule has 13 heteroatoms. The number of fused-ring (bicyclic) bond motifs is 3. The highest BCUT2D eigenvalue weighted by Gasteiger charge is 2.41. The average Bonchev–Trinajstić information content (AvgIpc) is 3.67. The molecule has 2 aromatic carbocycles. The minimum Gasteiger partial charge on any atom is -0.489 e. The Hall–Kier alpha value is -3.10. The summed E-state index contributed by atoms with van der Waals surface area (Å²) in [5.74, 6) is 2.04. The van der Waals surface area contributed by atoms with Gasteiger partial charge < -0.3 is 35.6 Å². The van der Waals surface area contributed by atoms with E-state index < -0.39 is 23.9 Å². The monoisotopic (exact) mass is 656 g/mol. The summed E-state index contributed by atoms with van der Waals surface area (Å²) in [6, 6.07) is 6.58. The quantitative estimate of drug-likeness (QED) is 0.0904. The number of aliphatic imine (C=N–C) groups is 1. The second-order valence-electron chi connectivity index (χ2n) is 12.6. The molecule has 1 aromatic heterocycles. The van der Waals surface area contributed by atoms with Gasteiger partial charge >= 0.3 is 0 Å². The molecule has 6 rings (SSSR count). The van der Waals surface area contributed by atoms with Crippen molar-refractivity contribution in [2.24, 2.45) is 16.5 Å². The molecule has 8 N–H and O–H groups in total. The third kappa shape index (κ3) is 6.59. The Morgan fingerprint density at radius 3 is 2.56 bits per heavy atom. The number of rotatable bonds is 7. The molecular formula is C32H40N4O7S2. The van der Waals surface area contributed by atoms with Crippen molar-refractivity contribution in [3.05, 3.63) is 62.5 Å². The topological polar surface area (TPSA) is 186 Å². The van der Waals surface area contributed by atoms with Gasteiger partial charge in [-0.25, -0.2) is 4.99 Å². The minimum atomic E-state index is -1.18. The molecule has 0 radical (unpaired) electrons. The molecule has 3 aliphatic rings. The average molecular weight is 657 g/mol. The molecule has 0 unspecified atom stereocenters.